The molecule has 0 aromatic carbocycles. The number of aliphatic hydroxyl groups excluding tert-OH is 7. The van der Waals surface area contributed by atoms with Gasteiger partial charge in [0.1, 0.15) is 53.9 Å². The molecule has 15 N–H and O–H groups in total. The maximum atomic E-state index is 13.0. The number of rotatable bonds is 13. The number of likely N-dealkylation sites (N-methyl/N-ethyl adjacent to an activating group) is 1. The number of hydrogen-bond acceptors (Lipinski definition) is 18. The minimum Gasteiger partial charge on any atom is -0.394 e. The lowest BCUT2D eigenvalue weighted by atomic mass is 9.76. The predicted octanol–water partition coefficient (Wildman–Crippen LogP) is -7.31. The van der Waals surface area contributed by atoms with Crippen molar-refractivity contribution in [1.82, 2.24) is 10.6 Å². The normalized spacial score (nSPS) is 49.4. The van der Waals surface area contributed by atoms with Crippen LogP contribution in [0, 0.1) is 5.92 Å². The van der Waals surface area contributed by atoms with Crippen LogP contribution >= 0.6 is 0 Å². The summed E-state index contributed by atoms with van der Waals surface area (Å²) in [6.07, 6.45) is -16.1. The van der Waals surface area contributed by atoms with E-state index in [2.05, 4.69) is 10.6 Å². The molecule has 2 saturated carbocycles. The lowest BCUT2D eigenvalue weighted by molar-refractivity contribution is -0.333. The summed E-state index contributed by atoms with van der Waals surface area (Å²) in [6, 6.07) is -2.61. The first-order valence-corrected chi connectivity index (χ1v) is 15.2. The molecule has 18 nitrogen and oxygen atoms in total. The fraction of sp³-hybridized carbons (Fsp3) is 0.963. The van der Waals surface area contributed by atoms with Crippen molar-refractivity contribution in [3.05, 3.63) is 0 Å². The fourth-order valence-corrected chi connectivity index (χ4v) is 6.45. The summed E-state index contributed by atoms with van der Waals surface area (Å²) in [5, 5.41) is 99.5. The molecule has 262 valence electrons. The highest BCUT2D eigenvalue weighted by Gasteiger charge is 2.58. The van der Waals surface area contributed by atoms with Crippen molar-refractivity contribution in [3.8, 4) is 0 Å². The molecular weight excluding hydrogens is 604 g/mol. The topological polar surface area (TPSA) is 312 Å². The zero-order valence-corrected chi connectivity index (χ0v) is 25.3. The molecule has 0 amide bonds. The molecule has 2 aliphatic heterocycles. The van der Waals surface area contributed by atoms with Crippen LogP contribution in [-0.2, 0) is 23.7 Å². The maximum absolute atomic E-state index is 13.0. The van der Waals surface area contributed by atoms with Crippen LogP contribution in [-0.4, -0.2) is 182 Å². The van der Waals surface area contributed by atoms with Crippen LogP contribution in [0.5, 0.6) is 0 Å². The number of nitrogens with two attached hydrogens (primary N) is 2. The van der Waals surface area contributed by atoms with Crippen LogP contribution in [0.2, 0.25) is 0 Å². The Hall–Kier alpha value is -1.01. The van der Waals surface area contributed by atoms with Crippen LogP contribution in [0.4, 0.5) is 0 Å². The molecule has 4 unspecified atom stereocenters. The number of hydrogen-bond donors (Lipinski definition) is 13. The lowest BCUT2D eigenvalue weighted by Gasteiger charge is -2.49. The van der Waals surface area contributed by atoms with Gasteiger partial charge in [-0.25, -0.2) is 0 Å². The van der Waals surface area contributed by atoms with Gasteiger partial charge >= 0.3 is 0 Å². The number of aliphatic hydroxyl groups is 9. The van der Waals surface area contributed by atoms with Crippen molar-refractivity contribution in [2.45, 2.75) is 123 Å². The zero-order chi connectivity index (χ0) is 33.4. The molecule has 2 heterocycles. The number of Topliss-reactive ketones (excluding diaryl/α,β-unsaturated/α-hetero) is 1. The molecule has 2 aliphatic carbocycles. The minimum absolute atomic E-state index is 0.00252. The van der Waals surface area contributed by atoms with E-state index in [4.69, 9.17) is 35.5 Å². The van der Waals surface area contributed by atoms with Crippen molar-refractivity contribution in [3.63, 3.8) is 0 Å². The van der Waals surface area contributed by atoms with Gasteiger partial charge in [-0.15, -0.1) is 0 Å². The highest BCUT2D eigenvalue weighted by atomic mass is 16.7. The van der Waals surface area contributed by atoms with Crippen molar-refractivity contribution < 1.29 is 69.7 Å². The fourth-order valence-electron chi connectivity index (χ4n) is 6.45. The van der Waals surface area contributed by atoms with Gasteiger partial charge in [0.25, 0.3) is 0 Å². The van der Waals surface area contributed by atoms with Crippen molar-refractivity contribution in [2.24, 2.45) is 17.4 Å². The molecule has 17 atom stereocenters. The molecule has 0 bridgehead atoms. The Kier molecular flexibility index (Phi) is 12.0. The Labute approximate surface area is 260 Å². The molecule has 0 aromatic heterocycles. The number of nitrogens with one attached hydrogen (secondary N) is 2. The van der Waals surface area contributed by atoms with E-state index in [1.165, 1.54) is 14.0 Å². The second-order valence-corrected chi connectivity index (χ2v) is 13.0. The number of carbonyl (C=O) groups is 1. The molecule has 4 fully saturated rings. The molecule has 0 radical (unpaired) electrons. The van der Waals surface area contributed by atoms with Gasteiger partial charge < -0.3 is 87.0 Å². The van der Waals surface area contributed by atoms with Crippen LogP contribution in [0.3, 0.4) is 0 Å². The highest BCUT2D eigenvalue weighted by molar-refractivity contribution is 5.91. The molecule has 2 saturated heterocycles. The highest BCUT2D eigenvalue weighted by Crippen LogP contribution is 2.41. The third-order valence-electron chi connectivity index (χ3n) is 9.38. The van der Waals surface area contributed by atoms with E-state index < -0.39 is 115 Å². The predicted molar refractivity (Wildman–Crippen MR) is 151 cm³/mol. The van der Waals surface area contributed by atoms with Crippen LogP contribution in [0.25, 0.3) is 0 Å². The van der Waals surface area contributed by atoms with E-state index in [0.717, 1.165) is 0 Å². The van der Waals surface area contributed by atoms with Gasteiger partial charge in [0.15, 0.2) is 18.4 Å². The minimum atomic E-state index is -1.77. The summed E-state index contributed by atoms with van der Waals surface area (Å²) in [5.41, 5.74) is 8.99. The molecule has 4 rings (SSSR count). The third-order valence-corrected chi connectivity index (χ3v) is 9.38. The first kappa shape index (κ1) is 36.8. The molecular formula is C27H50N4O14. The summed E-state index contributed by atoms with van der Waals surface area (Å²) in [6.45, 7) is 0.539. The summed E-state index contributed by atoms with van der Waals surface area (Å²) in [7, 11) is 1.53. The maximum Gasteiger partial charge on any atom is 0.187 e. The van der Waals surface area contributed by atoms with E-state index in [0.29, 0.717) is 0 Å². The molecule has 4 aliphatic rings. The van der Waals surface area contributed by atoms with E-state index in [-0.39, 0.29) is 39.0 Å². The van der Waals surface area contributed by atoms with E-state index in [9.17, 15) is 45.6 Å². The average molecular weight is 655 g/mol. The summed E-state index contributed by atoms with van der Waals surface area (Å²) in [4.78, 5) is 13.0. The second-order valence-electron chi connectivity index (χ2n) is 13.0. The van der Waals surface area contributed by atoms with Gasteiger partial charge in [-0.3, -0.25) is 4.79 Å². The Balaban J connectivity index is 1.52. The SMILES string of the molecule is CN[C@@H]1[C@@H](O)[C@@H](O[C@H]2[C@H](CC(=O)C3(O)CC3N)C[C@H](N)C(O[C@H]3O[C@H](CNCC(O)CO)[C@@H](O)[C@H](O)[C@H]3O)[C@@H]2O)OC[C@]1(C)O. The summed E-state index contributed by atoms with van der Waals surface area (Å²) < 4.78 is 23.3. The van der Waals surface area contributed by atoms with E-state index >= 15 is 0 Å². The Morgan fingerprint density at radius 2 is 1.64 bits per heavy atom. The second kappa shape index (κ2) is 14.6. The molecule has 0 spiro atoms. The first-order chi connectivity index (χ1) is 21.0. The van der Waals surface area contributed by atoms with Crippen LogP contribution in [0.15, 0.2) is 0 Å². The van der Waals surface area contributed by atoms with Gasteiger partial charge in [0, 0.05) is 38.0 Å². The quantitative estimate of drug-likeness (QED) is 0.0877. The van der Waals surface area contributed by atoms with Crippen LogP contribution < -0.4 is 22.1 Å². The van der Waals surface area contributed by atoms with Gasteiger partial charge in [0.2, 0.25) is 0 Å². The Bertz CT molecular complexity index is 999. The van der Waals surface area contributed by atoms with E-state index in [1.54, 1.807) is 0 Å². The van der Waals surface area contributed by atoms with Crippen LogP contribution in [0.1, 0.15) is 26.2 Å². The summed E-state index contributed by atoms with van der Waals surface area (Å²) >= 11 is 0. The number of ether oxygens (including phenoxy) is 4. The average Bonchev–Trinajstić information content (AvgIpc) is 3.61. The molecule has 18 heteroatoms. The van der Waals surface area contributed by atoms with Gasteiger partial charge in [-0.2, -0.15) is 0 Å². The van der Waals surface area contributed by atoms with Gasteiger partial charge in [-0.05, 0) is 26.3 Å². The Morgan fingerprint density at radius 3 is 2.24 bits per heavy atom. The third kappa shape index (κ3) is 7.84. The van der Waals surface area contributed by atoms with E-state index in [1.807, 2.05) is 0 Å². The molecule has 45 heavy (non-hydrogen) atoms. The standard InChI is InChI=1S/C27H50N4O14/c1-26(40)9-42-24(20(39)23(26)30-2)44-21-10(4-15(34)27(41)5-14(27)29)3-12(28)22(19(21)38)45-25-18(37)17(36)16(35)13(43-25)7-31-6-11(33)8-32/h10-14,16-25,30-33,35-41H,3-9,28-29H2,1-2H3/t10-,11?,12-,13+,14?,16+,17-,18+,19+,20+,21-,22?,23+,24+,25+,26-,27?/m0/s1. The monoisotopic (exact) mass is 654 g/mol. The van der Waals surface area contributed by atoms with Crippen molar-refractivity contribution >= 4 is 5.78 Å². The first-order valence-electron chi connectivity index (χ1n) is 15.2. The summed E-state index contributed by atoms with van der Waals surface area (Å²) in [5.74, 6) is -1.39. The van der Waals surface area contributed by atoms with Crippen molar-refractivity contribution in [2.75, 3.05) is 33.4 Å². The molecule has 0 aromatic rings. The Morgan fingerprint density at radius 1 is 1.00 bits per heavy atom. The number of ketones is 1. The lowest BCUT2D eigenvalue weighted by Crippen LogP contribution is -2.67. The largest absolute Gasteiger partial charge is 0.394 e. The van der Waals surface area contributed by atoms with Crippen molar-refractivity contribution in [1.29, 1.82) is 0 Å². The zero-order valence-electron chi connectivity index (χ0n) is 25.3. The van der Waals surface area contributed by atoms with Gasteiger partial charge in [-0.1, -0.05) is 0 Å². The van der Waals surface area contributed by atoms with Gasteiger partial charge in [0.05, 0.1) is 31.5 Å². The smallest absolute Gasteiger partial charge is 0.187 e. The number of carbonyl (C=O) groups excluding carboxylic acids is 1.